The highest BCUT2D eigenvalue weighted by atomic mass is 16.5. The minimum atomic E-state index is 0.170. The van der Waals surface area contributed by atoms with Crippen LogP contribution in [-0.4, -0.2) is 26.4 Å². The summed E-state index contributed by atoms with van der Waals surface area (Å²) < 4.78 is 10.6. The molecule has 0 aromatic heterocycles. The first-order valence-corrected chi connectivity index (χ1v) is 4.64. The highest BCUT2D eigenvalue weighted by Crippen LogP contribution is 2.05. The van der Waals surface area contributed by atoms with Gasteiger partial charge in [0.05, 0.1) is 13.5 Å². The van der Waals surface area contributed by atoms with Crippen molar-refractivity contribution in [2.75, 3.05) is 20.3 Å². The molecule has 0 radical (unpaired) electrons. The third-order valence-corrected chi connectivity index (χ3v) is 1.99. The minimum Gasteiger partial charge on any atom is -0.382 e. The van der Waals surface area contributed by atoms with Crippen LogP contribution in [0.3, 0.4) is 0 Å². The molecule has 0 bridgehead atoms. The van der Waals surface area contributed by atoms with Gasteiger partial charge in [-0.2, -0.15) is 0 Å². The summed E-state index contributed by atoms with van der Waals surface area (Å²) in [7, 11) is 1.69. The fourth-order valence-electron chi connectivity index (χ4n) is 0.819. The summed E-state index contributed by atoms with van der Waals surface area (Å²) in [5.41, 5.74) is 0. The Balaban J connectivity index is 3.43. The van der Waals surface area contributed by atoms with Gasteiger partial charge >= 0.3 is 0 Å². The Kier molecular flexibility index (Phi) is 7.31. The molecular formula is C10H21O2+. The van der Waals surface area contributed by atoms with Gasteiger partial charge in [-0.05, 0) is 5.92 Å². The Bertz CT molecular complexity index is 93.8. The molecule has 2 heteroatoms. The summed E-state index contributed by atoms with van der Waals surface area (Å²) >= 11 is 0. The topological polar surface area (TPSA) is 18.5 Å². The van der Waals surface area contributed by atoms with E-state index in [1.165, 1.54) is 0 Å². The molecule has 2 nitrogen and oxygen atoms in total. The molecule has 0 aromatic rings. The van der Waals surface area contributed by atoms with Crippen LogP contribution in [0.1, 0.15) is 26.7 Å². The van der Waals surface area contributed by atoms with Crippen LogP contribution < -0.4 is 0 Å². The molecule has 0 aliphatic rings. The van der Waals surface area contributed by atoms with Crippen LogP contribution in [-0.2, 0) is 9.47 Å². The number of hydrogen-bond acceptors (Lipinski definition) is 2. The molecule has 0 saturated carbocycles. The van der Waals surface area contributed by atoms with E-state index < -0.39 is 0 Å². The average molecular weight is 173 g/mol. The fraction of sp³-hybridized carbons (Fsp3) is 0.900. The van der Waals surface area contributed by atoms with Crippen molar-refractivity contribution < 1.29 is 9.47 Å². The maximum absolute atomic E-state index is 5.60. The first kappa shape index (κ1) is 11.8. The first-order valence-electron chi connectivity index (χ1n) is 4.64. The first-order chi connectivity index (χ1) is 5.74. The summed E-state index contributed by atoms with van der Waals surface area (Å²) in [4.78, 5) is 0. The molecule has 72 valence electrons. The van der Waals surface area contributed by atoms with Crippen LogP contribution in [0.4, 0.5) is 0 Å². The SMILES string of the molecule is [CH2+]CC(COC)OCC(C)CC. The van der Waals surface area contributed by atoms with Crippen molar-refractivity contribution in [2.45, 2.75) is 32.8 Å². The number of methoxy groups -OCH3 is 1. The van der Waals surface area contributed by atoms with Crippen molar-refractivity contribution in [2.24, 2.45) is 5.92 Å². The van der Waals surface area contributed by atoms with Gasteiger partial charge in [0.1, 0.15) is 12.5 Å². The third kappa shape index (κ3) is 5.44. The molecule has 0 fully saturated rings. The lowest BCUT2D eigenvalue weighted by Gasteiger charge is -2.15. The van der Waals surface area contributed by atoms with E-state index in [1.54, 1.807) is 7.11 Å². The van der Waals surface area contributed by atoms with Gasteiger partial charge in [0, 0.05) is 13.7 Å². The van der Waals surface area contributed by atoms with E-state index in [4.69, 9.17) is 9.47 Å². The predicted octanol–water partition coefficient (Wildman–Crippen LogP) is 2.29. The Labute approximate surface area is 76.3 Å². The van der Waals surface area contributed by atoms with Gasteiger partial charge in [0.25, 0.3) is 0 Å². The van der Waals surface area contributed by atoms with Gasteiger partial charge in [0.2, 0.25) is 0 Å². The van der Waals surface area contributed by atoms with Gasteiger partial charge in [-0.25, -0.2) is 0 Å². The van der Waals surface area contributed by atoms with Crippen molar-refractivity contribution in [3.05, 3.63) is 6.92 Å². The number of ether oxygens (including phenoxy) is 2. The largest absolute Gasteiger partial charge is 0.382 e. The van der Waals surface area contributed by atoms with Crippen LogP contribution in [0, 0.1) is 12.8 Å². The summed E-state index contributed by atoms with van der Waals surface area (Å²) in [5, 5.41) is 0. The number of rotatable bonds is 7. The van der Waals surface area contributed by atoms with E-state index in [-0.39, 0.29) is 6.10 Å². The third-order valence-electron chi connectivity index (χ3n) is 1.99. The molecule has 12 heavy (non-hydrogen) atoms. The highest BCUT2D eigenvalue weighted by Gasteiger charge is 2.10. The molecule has 0 aliphatic heterocycles. The van der Waals surface area contributed by atoms with Crippen LogP contribution in [0.5, 0.6) is 0 Å². The van der Waals surface area contributed by atoms with E-state index >= 15 is 0 Å². The van der Waals surface area contributed by atoms with Gasteiger partial charge in [-0.1, -0.05) is 20.3 Å². The summed E-state index contributed by atoms with van der Waals surface area (Å²) in [6.45, 7) is 9.63. The molecule has 0 rings (SSSR count). The molecule has 0 heterocycles. The van der Waals surface area contributed by atoms with E-state index in [0.717, 1.165) is 19.4 Å². The van der Waals surface area contributed by atoms with Crippen LogP contribution in [0.15, 0.2) is 0 Å². The van der Waals surface area contributed by atoms with Crippen molar-refractivity contribution in [3.63, 3.8) is 0 Å². The van der Waals surface area contributed by atoms with Gasteiger partial charge in [-0.15, -0.1) is 0 Å². The fourth-order valence-corrected chi connectivity index (χ4v) is 0.819. The van der Waals surface area contributed by atoms with Gasteiger partial charge in [-0.3, -0.25) is 0 Å². The molecular weight excluding hydrogens is 152 g/mol. The summed E-state index contributed by atoms with van der Waals surface area (Å²) in [5.74, 6) is 0.635. The normalized spacial score (nSPS) is 15.9. The second-order valence-corrected chi connectivity index (χ2v) is 3.21. The summed E-state index contributed by atoms with van der Waals surface area (Å²) in [6, 6.07) is 0. The van der Waals surface area contributed by atoms with Crippen molar-refractivity contribution in [3.8, 4) is 0 Å². The zero-order valence-electron chi connectivity index (χ0n) is 8.51. The standard InChI is InChI=1S/C10H21O2/c1-5-9(3)7-12-10(6-2)8-11-4/h9-10H,2,5-8H2,1,3-4H3/q+1. The molecule has 0 aromatic carbocycles. The molecule has 2 unspecified atom stereocenters. The molecule has 0 aliphatic carbocycles. The van der Waals surface area contributed by atoms with Crippen LogP contribution in [0.2, 0.25) is 0 Å². The Morgan fingerprint density at radius 2 is 2.00 bits per heavy atom. The average Bonchev–Trinajstić information content (AvgIpc) is 2.11. The highest BCUT2D eigenvalue weighted by molar-refractivity contribution is 4.59. The maximum atomic E-state index is 5.60. The zero-order valence-corrected chi connectivity index (χ0v) is 8.51. The van der Waals surface area contributed by atoms with Crippen molar-refractivity contribution in [1.29, 1.82) is 0 Å². The van der Waals surface area contributed by atoms with Crippen LogP contribution in [0.25, 0.3) is 0 Å². The van der Waals surface area contributed by atoms with E-state index in [1.807, 2.05) is 0 Å². The molecule has 0 saturated heterocycles. The van der Waals surface area contributed by atoms with Crippen molar-refractivity contribution >= 4 is 0 Å². The van der Waals surface area contributed by atoms with E-state index in [9.17, 15) is 0 Å². The summed E-state index contributed by atoms with van der Waals surface area (Å²) in [6.07, 6.45) is 2.12. The van der Waals surface area contributed by atoms with Gasteiger partial charge in [0.15, 0.2) is 0 Å². The second-order valence-electron chi connectivity index (χ2n) is 3.21. The Morgan fingerprint density at radius 1 is 1.33 bits per heavy atom. The number of hydrogen-bond donors (Lipinski definition) is 0. The second kappa shape index (κ2) is 7.44. The predicted molar refractivity (Wildman–Crippen MR) is 51.0 cm³/mol. The monoisotopic (exact) mass is 173 g/mol. The van der Waals surface area contributed by atoms with Crippen molar-refractivity contribution in [1.82, 2.24) is 0 Å². The lowest BCUT2D eigenvalue weighted by atomic mass is 10.1. The molecule has 0 amide bonds. The molecule has 0 N–H and O–H groups in total. The lowest BCUT2D eigenvalue weighted by Crippen LogP contribution is -2.21. The quantitative estimate of drug-likeness (QED) is 0.550. The molecule has 2 atom stereocenters. The van der Waals surface area contributed by atoms with Crippen LogP contribution >= 0.6 is 0 Å². The van der Waals surface area contributed by atoms with E-state index in [2.05, 4.69) is 20.8 Å². The zero-order chi connectivity index (χ0) is 9.40. The lowest BCUT2D eigenvalue weighted by molar-refractivity contribution is -0.0136. The maximum Gasteiger partial charge on any atom is 0.121 e. The molecule has 0 spiro atoms. The Morgan fingerprint density at radius 3 is 2.42 bits per heavy atom. The minimum absolute atomic E-state index is 0.170. The van der Waals surface area contributed by atoms with Gasteiger partial charge < -0.3 is 9.47 Å². The van der Waals surface area contributed by atoms with E-state index in [0.29, 0.717) is 12.5 Å². The smallest absolute Gasteiger partial charge is 0.121 e. The Hall–Kier alpha value is -0.210.